The molecular weight excluding hydrogens is 260 g/mol. The standard InChI is InChI=1S/C11H11ClN2O4/c1-15-7-4-6(10-13-11(12)18-14-10)5-8(16-2)9(7)17-3/h4-5H,1-3H3. The fourth-order valence-electron chi connectivity index (χ4n) is 1.53. The SMILES string of the molecule is COc1cc(-c2noc(Cl)n2)cc(OC)c1OC. The van der Waals surface area contributed by atoms with Gasteiger partial charge in [0, 0.05) is 5.56 Å². The van der Waals surface area contributed by atoms with Crippen LogP contribution in [-0.4, -0.2) is 31.5 Å². The van der Waals surface area contributed by atoms with Crippen LogP contribution in [0.3, 0.4) is 0 Å². The van der Waals surface area contributed by atoms with Gasteiger partial charge in [0.1, 0.15) is 0 Å². The maximum Gasteiger partial charge on any atom is 0.320 e. The van der Waals surface area contributed by atoms with Gasteiger partial charge in [0.05, 0.1) is 21.3 Å². The zero-order valence-corrected chi connectivity index (χ0v) is 10.8. The molecule has 0 aliphatic rings. The van der Waals surface area contributed by atoms with Gasteiger partial charge < -0.3 is 18.7 Å². The van der Waals surface area contributed by atoms with E-state index >= 15 is 0 Å². The van der Waals surface area contributed by atoms with Crippen LogP contribution in [0.25, 0.3) is 11.4 Å². The number of benzene rings is 1. The van der Waals surface area contributed by atoms with Crippen LogP contribution >= 0.6 is 11.6 Å². The van der Waals surface area contributed by atoms with Gasteiger partial charge in [0.15, 0.2) is 11.5 Å². The van der Waals surface area contributed by atoms with Crippen molar-refractivity contribution < 1.29 is 18.7 Å². The molecule has 96 valence electrons. The summed E-state index contributed by atoms with van der Waals surface area (Å²) in [6.07, 6.45) is 0. The number of aromatic nitrogens is 2. The lowest BCUT2D eigenvalue weighted by Gasteiger charge is -2.12. The lowest BCUT2D eigenvalue weighted by Crippen LogP contribution is -1.96. The molecule has 7 heteroatoms. The van der Waals surface area contributed by atoms with Crippen molar-refractivity contribution in [3.8, 4) is 28.6 Å². The first kappa shape index (κ1) is 12.5. The predicted molar refractivity (Wildman–Crippen MR) is 64.4 cm³/mol. The summed E-state index contributed by atoms with van der Waals surface area (Å²) >= 11 is 5.59. The molecule has 0 unspecified atom stereocenters. The zero-order chi connectivity index (χ0) is 13.1. The van der Waals surface area contributed by atoms with E-state index in [0.29, 0.717) is 28.6 Å². The van der Waals surface area contributed by atoms with Crippen LogP contribution in [-0.2, 0) is 0 Å². The van der Waals surface area contributed by atoms with Gasteiger partial charge in [0.25, 0.3) is 0 Å². The Morgan fingerprint density at radius 3 is 2.06 bits per heavy atom. The summed E-state index contributed by atoms with van der Waals surface area (Å²) in [5.41, 5.74) is 0.653. The molecule has 1 aromatic heterocycles. The van der Waals surface area contributed by atoms with Gasteiger partial charge in [-0.15, -0.1) is 0 Å². The highest BCUT2D eigenvalue weighted by Gasteiger charge is 2.16. The molecule has 0 aliphatic heterocycles. The van der Waals surface area contributed by atoms with Gasteiger partial charge in [-0.3, -0.25) is 0 Å². The van der Waals surface area contributed by atoms with Gasteiger partial charge in [-0.25, -0.2) is 0 Å². The molecule has 2 rings (SSSR count). The fraction of sp³-hybridized carbons (Fsp3) is 0.273. The van der Waals surface area contributed by atoms with Crippen LogP contribution in [0.4, 0.5) is 0 Å². The number of hydrogen-bond donors (Lipinski definition) is 0. The molecule has 0 bridgehead atoms. The third kappa shape index (κ3) is 2.19. The third-order valence-electron chi connectivity index (χ3n) is 2.32. The van der Waals surface area contributed by atoms with E-state index in [0.717, 1.165) is 0 Å². The molecule has 18 heavy (non-hydrogen) atoms. The van der Waals surface area contributed by atoms with Gasteiger partial charge in [-0.05, 0) is 23.7 Å². The minimum absolute atomic E-state index is 0.0289. The molecule has 0 radical (unpaired) electrons. The van der Waals surface area contributed by atoms with Crippen molar-refractivity contribution in [3.63, 3.8) is 0 Å². The third-order valence-corrected chi connectivity index (χ3v) is 2.48. The average Bonchev–Trinajstić information content (AvgIpc) is 2.83. The van der Waals surface area contributed by atoms with Crippen LogP contribution in [0, 0.1) is 0 Å². The van der Waals surface area contributed by atoms with Gasteiger partial charge in [-0.2, -0.15) is 4.98 Å². The molecule has 1 heterocycles. The lowest BCUT2D eigenvalue weighted by molar-refractivity contribution is 0.324. The van der Waals surface area contributed by atoms with Crippen molar-refractivity contribution in [2.45, 2.75) is 0 Å². The lowest BCUT2D eigenvalue weighted by atomic mass is 10.1. The van der Waals surface area contributed by atoms with E-state index in [2.05, 4.69) is 10.1 Å². The smallest absolute Gasteiger partial charge is 0.320 e. The Morgan fingerprint density at radius 1 is 1.06 bits per heavy atom. The van der Waals surface area contributed by atoms with E-state index in [1.165, 1.54) is 21.3 Å². The Hall–Kier alpha value is -1.95. The van der Waals surface area contributed by atoms with Crippen LogP contribution in [0.1, 0.15) is 0 Å². The minimum atomic E-state index is -0.0289. The summed E-state index contributed by atoms with van der Waals surface area (Å²) in [5, 5.41) is 3.69. The topological polar surface area (TPSA) is 66.6 Å². The Morgan fingerprint density at radius 2 is 1.67 bits per heavy atom. The summed E-state index contributed by atoms with van der Waals surface area (Å²) in [6.45, 7) is 0. The van der Waals surface area contributed by atoms with Crippen molar-refractivity contribution in [1.82, 2.24) is 10.1 Å². The summed E-state index contributed by atoms with van der Waals surface area (Å²) in [7, 11) is 4.60. The normalized spacial score (nSPS) is 10.2. The number of ether oxygens (including phenoxy) is 3. The fourth-order valence-corrected chi connectivity index (χ4v) is 1.65. The number of nitrogens with zero attached hydrogens (tertiary/aromatic N) is 2. The molecule has 0 fully saturated rings. The molecule has 2 aromatic rings. The van der Waals surface area contributed by atoms with Crippen LogP contribution in [0.15, 0.2) is 16.7 Å². The summed E-state index contributed by atoms with van der Waals surface area (Å²) in [6, 6.07) is 3.42. The maximum absolute atomic E-state index is 5.59. The Kier molecular flexibility index (Phi) is 3.57. The van der Waals surface area contributed by atoms with Crippen molar-refractivity contribution in [1.29, 1.82) is 0 Å². The van der Waals surface area contributed by atoms with Crippen molar-refractivity contribution in [3.05, 3.63) is 17.5 Å². The molecule has 6 nitrogen and oxygen atoms in total. The number of halogens is 1. The number of methoxy groups -OCH3 is 3. The predicted octanol–water partition coefficient (Wildman–Crippen LogP) is 2.42. The molecule has 0 amide bonds. The van der Waals surface area contributed by atoms with Crippen molar-refractivity contribution in [2.75, 3.05) is 21.3 Å². The van der Waals surface area contributed by atoms with E-state index in [-0.39, 0.29) is 5.35 Å². The molecule has 0 atom stereocenters. The largest absolute Gasteiger partial charge is 0.493 e. The van der Waals surface area contributed by atoms with E-state index in [9.17, 15) is 0 Å². The van der Waals surface area contributed by atoms with E-state index in [1.54, 1.807) is 12.1 Å². The van der Waals surface area contributed by atoms with Gasteiger partial charge >= 0.3 is 5.35 Å². The van der Waals surface area contributed by atoms with Crippen LogP contribution in [0.2, 0.25) is 5.35 Å². The first-order chi connectivity index (χ1) is 8.69. The summed E-state index contributed by atoms with van der Waals surface area (Å²) in [4.78, 5) is 3.92. The molecular formula is C11H11ClN2O4. The second-order valence-electron chi connectivity index (χ2n) is 3.28. The highest BCUT2D eigenvalue weighted by molar-refractivity contribution is 6.27. The maximum atomic E-state index is 5.59. The Balaban J connectivity index is 2.56. The number of rotatable bonds is 4. The molecule has 0 spiro atoms. The zero-order valence-electron chi connectivity index (χ0n) is 10.1. The molecule has 1 aromatic carbocycles. The highest BCUT2D eigenvalue weighted by atomic mass is 35.5. The number of hydrogen-bond acceptors (Lipinski definition) is 6. The van der Waals surface area contributed by atoms with Crippen molar-refractivity contribution >= 4 is 11.6 Å². The molecule has 0 aliphatic carbocycles. The molecule has 0 saturated heterocycles. The van der Waals surface area contributed by atoms with Crippen LogP contribution < -0.4 is 14.2 Å². The van der Waals surface area contributed by atoms with E-state index < -0.39 is 0 Å². The van der Waals surface area contributed by atoms with E-state index in [1.807, 2.05) is 0 Å². The second kappa shape index (κ2) is 5.14. The summed E-state index contributed by atoms with van der Waals surface area (Å²) in [5.74, 6) is 1.86. The first-order valence-electron chi connectivity index (χ1n) is 4.99. The monoisotopic (exact) mass is 270 g/mol. The Labute approximate surface area is 108 Å². The highest BCUT2D eigenvalue weighted by Crippen LogP contribution is 2.40. The minimum Gasteiger partial charge on any atom is -0.493 e. The second-order valence-corrected chi connectivity index (χ2v) is 3.61. The van der Waals surface area contributed by atoms with E-state index in [4.69, 9.17) is 30.3 Å². The van der Waals surface area contributed by atoms with Crippen molar-refractivity contribution in [2.24, 2.45) is 0 Å². The average molecular weight is 271 g/mol. The van der Waals surface area contributed by atoms with Crippen LogP contribution in [0.5, 0.6) is 17.2 Å². The molecule has 0 N–H and O–H groups in total. The Bertz CT molecular complexity index is 531. The quantitative estimate of drug-likeness (QED) is 0.850. The molecule has 0 saturated carbocycles. The first-order valence-corrected chi connectivity index (χ1v) is 5.37. The summed E-state index contributed by atoms with van der Waals surface area (Å²) < 4.78 is 20.4. The van der Waals surface area contributed by atoms with Gasteiger partial charge in [0.2, 0.25) is 11.6 Å². The van der Waals surface area contributed by atoms with Gasteiger partial charge in [-0.1, -0.05) is 5.16 Å².